The second-order valence-corrected chi connectivity index (χ2v) is 6.54. The molecule has 0 saturated carbocycles. The third-order valence-electron chi connectivity index (χ3n) is 4.56. The molecule has 2 fully saturated rings. The van der Waals surface area contributed by atoms with Crippen molar-refractivity contribution in [2.24, 2.45) is 5.73 Å². The minimum atomic E-state index is -0.656. The van der Waals surface area contributed by atoms with Crippen molar-refractivity contribution in [1.82, 2.24) is 4.90 Å². The summed E-state index contributed by atoms with van der Waals surface area (Å²) in [4.78, 5) is 16.4. The number of hydrogen-bond acceptors (Lipinski definition) is 4. The molecule has 0 spiro atoms. The van der Waals surface area contributed by atoms with E-state index in [1.54, 1.807) is 11.0 Å². The van der Waals surface area contributed by atoms with E-state index in [2.05, 4.69) is 4.90 Å². The fourth-order valence-corrected chi connectivity index (χ4v) is 3.47. The van der Waals surface area contributed by atoms with E-state index in [4.69, 9.17) is 17.3 Å². The molecule has 0 unspecified atom stereocenters. The Kier molecular flexibility index (Phi) is 4.57. The summed E-state index contributed by atoms with van der Waals surface area (Å²) in [7, 11) is 0. The highest BCUT2D eigenvalue weighted by atomic mass is 35.5. The van der Waals surface area contributed by atoms with Gasteiger partial charge in [-0.15, -0.1) is 0 Å². The van der Waals surface area contributed by atoms with E-state index < -0.39 is 6.10 Å². The third kappa shape index (κ3) is 3.07. The summed E-state index contributed by atoms with van der Waals surface area (Å²) in [5.41, 5.74) is 7.34. The fraction of sp³-hybridized carbons (Fsp3) is 0.562. The van der Waals surface area contributed by atoms with Gasteiger partial charge >= 0.3 is 0 Å². The molecular weight excluding hydrogens is 302 g/mol. The van der Waals surface area contributed by atoms with Crippen molar-refractivity contribution in [3.8, 4) is 0 Å². The zero-order valence-electron chi connectivity index (χ0n) is 12.5. The van der Waals surface area contributed by atoms with Gasteiger partial charge in [-0.05, 0) is 37.5 Å². The first-order chi connectivity index (χ1) is 10.6. The van der Waals surface area contributed by atoms with Gasteiger partial charge in [0.1, 0.15) is 0 Å². The van der Waals surface area contributed by atoms with Crippen molar-refractivity contribution in [3.05, 3.63) is 28.8 Å². The van der Waals surface area contributed by atoms with Crippen LogP contribution in [-0.2, 0) is 0 Å². The number of amides is 1. The highest BCUT2D eigenvalue weighted by Crippen LogP contribution is 2.30. The van der Waals surface area contributed by atoms with E-state index in [1.807, 2.05) is 12.1 Å². The first-order valence-electron chi connectivity index (χ1n) is 7.83. The lowest BCUT2D eigenvalue weighted by Crippen LogP contribution is -2.52. The quantitative estimate of drug-likeness (QED) is 0.865. The van der Waals surface area contributed by atoms with Gasteiger partial charge in [-0.3, -0.25) is 4.79 Å². The summed E-state index contributed by atoms with van der Waals surface area (Å²) in [5, 5.41) is 10.4. The molecule has 0 radical (unpaired) electrons. The number of β-amino-alcohol motifs (C(OH)–C–C–N with tert-alkyl or cyclic N) is 1. The van der Waals surface area contributed by atoms with E-state index in [0.29, 0.717) is 23.6 Å². The highest BCUT2D eigenvalue weighted by molar-refractivity contribution is 6.33. The maximum atomic E-state index is 12.5. The highest BCUT2D eigenvalue weighted by Gasteiger charge is 2.28. The number of halogens is 1. The van der Waals surface area contributed by atoms with E-state index >= 15 is 0 Å². The number of aliphatic hydroxyl groups excluding tert-OH is 1. The van der Waals surface area contributed by atoms with Gasteiger partial charge in [0, 0.05) is 37.8 Å². The number of carbonyl (C=O) groups is 1. The molecule has 6 heteroatoms. The van der Waals surface area contributed by atoms with Crippen LogP contribution in [0.4, 0.5) is 5.69 Å². The Bertz CT molecular complexity index is 560. The molecule has 5 nitrogen and oxygen atoms in total. The number of nitrogens with two attached hydrogens (primary N) is 1. The monoisotopic (exact) mass is 323 g/mol. The number of aliphatic hydroxyl groups is 1. The Hall–Kier alpha value is -1.30. The predicted molar refractivity (Wildman–Crippen MR) is 87.4 cm³/mol. The molecule has 2 aliphatic rings. The van der Waals surface area contributed by atoms with Crippen molar-refractivity contribution < 1.29 is 9.90 Å². The maximum absolute atomic E-state index is 12.5. The van der Waals surface area contributed by atoms with E-state index in [1.165, 1.54) is 12.8 Å². The standard InChI is InChI=1S/C16H22ClN3O2/c17-12-9-11(3-4-14(12)19-6-1-2-7-19)16(22)20-8-5-13(18)15(21)10-20/h3-4,9,13,15,21H,1-2,5-8,10,18H2/t13-,15-/m1/s1. The van der Waals surface area contributed by atoms with Crippen LogP contribution >= 0.6 is 11.6 Å². The largest absolute Gasteiger partial charge is 0.390 e. The molecule has 2 saturated heterocycles. The van der Waals surface area contributed by atoms with Crippen molar-refractivity contribution in [3.63, 3.8) is 0 Å². The van der Waals surface area contributed by atoms with Crippen molar-refractivity contribution in [2.75, 3.05) is 31.1 Å². The van der Waals surface area contributed by atoms with Gasteiger partial charge in [0.25, 0.3) is 5.91 Å². The zero-order chi connectivity index (χ0) is 15.7. The molecule has 0 aromatic heterocycles. The van der Waals surface area contributed by atoms with Crippen molar-refractivity contribution >= 4 is 23.2 Å². The summed E-state index contributed by atoms with van der Waals surface area (Å²) >= 11 is 6.36. The average Bonchev–Trinajstić information content (AvgIpc) is 3.03. The van der Waals surface area contributed by atoms with Crippen LogP contribution in [0.15, 0.2) is 18.2 Å². The van der Waals surface area contributed by atoms with Crippen LogP contribution in [0, 0.1) is 0 Å². The second kappa shape index (κ2) is 6.44. The lowest BCUT2D eigenvalue weighted by Gasteiger charge is -2.34. The first kappa shape index (κ1) is 15.6. The molecular formula is C16H22ClN3O2. The molecule has 0 aliphatic carbocycles. The summed E-state index contributed by atoms with van der Waals surface area (Å²) in [5.74, 6) is -0.0965. The lowest BCUT2D eigenvalue weighted by atomic mass is 10.0. The number of nitrogens with zero attached hydrogens (tertiary/aromatic N) is 2. The number of hydrogen-bond donors (Lipinski definition) is 2. The van der Waals surface area contributed by atoms with Gasteiger partial charge in [-0.2, -0.15) is 0 Å². The summed E-state index contributed by atoms with van der Waals surface area (Å²) in [6, 6.07) is 5.24. The van der Waals surface area contributed by atoms with Crippen molar-refractivity contribution in [2.45, 2.75) is 31.4 Å². The smallest absolute Gasteiger partial charge is 0.253 e. The van der Waals surface area contributed by atoms with E-state index in [9.17, 15) is 9.90 Å². The predicted octanol–water partition coefficient (Wildman–Crippen LogP) is 1.47. The van der Waals surface area contributed by atoms with Gasteiger partial charge in [0.2, 0.25) is 0 Å². The Morgan fingerprint density at radius 3 is 2.64 bits per heavy atom. The summed E-state index contributed by atoms with van der Waals surface area (Å²) in [6.07, 6.45) is 2.33. The van der Waals surface area contributed by atoms with Crippen LogP contribution in [0.1, 0.15) is 29.6 Å². The Morgan fingerprint density at radius 2 is 2.00 bits per heavy atom. The molecule has 2 atom stereocenters. The average molecular weight is 324 g/mol. The van der Waals surface area contributed by atoms with Gasteiger partial charge in [0.15, 0.2) is 0 Å². The minimum absolute atomic E-state index is 0.0965. The zero-order valence-corrected chi connectivity index (χ0v) is 13.3. The second-order valence-electron chi connectivity index (χ2n) is 6.13. The van der Waals surface area contributed by atoms with Gasteiger partial charge in [-0.1, -0.05) is 11.6 Å². The molecule has 0 bridgehead atoms. The topological polar surface area (TPSA) is 69.8 Å². The molecule has 1 aromatic carbocycles. The molecule has 3 rings (SSSR count). The number of carbonyl (C=O) groups excluding carboxylic acids is 1. The van der Waals surface area contributed by atoms with Crippen LogP contribution in [-0.4, -0.2) is 54.2 Å². The molecule has 3 N–H and O–H groups in total. The lowest BCUT2D eigenvalue weighted by molar-refractivity contribution is 0.0395. The Morgan fingerprint density at radius 1 is 1.27 bits per heavy atom. The fourth-order valence-electron chi connectivity index (χ4n) is 3.17. The molecule has 22 heavy (non-hydrogen) atoms. The van der Waals surface area contributed by atoms with Crippen molar-refractivity contribution in [1.29, 1.82) is 0 Å². The van der Waals surface area contributed by atoms with Crippen LogP contribution in [0.3, 0.4) is 0 Å². The van der Waals surface area contributed by atoms with E-state index in [-0.39, 0.29) is 18.5 Å². The minimum Gasteiger partial charge on any atom is -0.390 e. The number of benzene rings is 1. The van der Waals surface area contributed by atoms with E-state index in [0.717, 1.165) is 18.8 Å². The SMILES string of the molecule is N[C@@H]1CCN(C(=O)c2ccc(N3CCCC3)c(Cl)c2)C[C@H]1O. The molecule has 120 valence electrons. The number of likely N-dealkylation sites (tertiary alicyclic amines) is 1. The van der Waals surface area contributed by atoms with Crippen LogP contribution in [0.5, 0.6) is 0 Å². The molecule has 1 amide bonds. The Balaban J connectivity index is 1.74. The molecule has 2 aliphatic heterocycles. The van der Waals surface area contributed by atoms with Gasteiger partial charge in [-0.25, -0.2) is 0 Å². The Labute approximate surface area is 135 Å². The number of anilines is 1. The summed E-state index contributed by atoms with van der Waals surface area (Å²) in [6.45, 7) is 2.89. The number of piperidine rings is 1. The normalized spacial score (nSPS) is 25.6. The van der Waals surface area contributed by atoms with Gasteiger partial charge in [0.05, 0.1) is 16.8 Å². The van der Waals surface area contributed by atoms with Crippen LogP contribution in [0.2, 0.25) is 5.02 Å². The van der Waals surface area contributed by atoms with Crippen LogP contribution in [0.25, 0.3) is 0 Å². The first-order valence-corrected chi connectivity index (χ1v) is 8.21. The maximum Gasteiger partial charge on any atom is 0.253 e. The number of rotatable bonds is 2. The molecule has 2 heterocycles. The molecule has 1 aromatic rings. The van der Waals surface area contributed by atoms with Gasteiger partial charge < -0.3 is 20.6 Å². The van der Waals surface area contributed by atoms with Crippen LogP contribution < -0.4 is 10.6 Å². The summed E-state index contributed by atoms with van der Waals surface area (Å²) < 4.78 is 0. The third-order valence-corrected chi connectivity index (χ3v) is 4.87.